The van der Waals surface area contributed by atoms with E-state index in [1.807, 2.05) is 17.8 Å². The zero-order valence-corrected chi connectivity index (χ0v) is 10.9. The van der Waals surface area contributed by atoms with Crippen LogP contribution in [-0.2, 0) is 13.5 Å². The molecule has 1 heterocycles. The van der Waals surface area contributed by atoms with E-state index in [9.17, 15) is 9.50 Å². The van der Waals surface area contributed by atoms with Crippen LogP contribution < -0.4 is 0 Å². The van der Waals surface area contributed by atoms with Crippen molar-refractivity contribution in [1.82, 2.24) is 9.55 Å². The predicted octanol–water partition coefficient (Wildman–Crippen LogP) is 2.60. The standard InChI is InChI=1S/C12H12BrFN2O/c1-16-5-4-15-12(16)7-11(17)8-2-3-10(14)9(13)6-8/h2-6,11,17H,7H2,1H3. The van der Waals surface area contributed by atoms with Gasteiger partial charge in [-0.1, -0.05) is 6.07 Å². The molecule has 1 aromatic heterocycles. The highest BCUT2D eigenvalue weighted by molar-refractivity contribution is 9.10. The molecule has 1 aromatic carbocycles. The van der Waals surface area contributed by atoms with Crippen molar-refractivity contribution >= 4 is 15.9 Å². The second-order valence-corrected chi connectivity index (χ2v) is 4.70. The molecular formula is C12H12BrFN2O. The number of aliphatic hydroxyl groups excluding tert-OH is 1. The number of rotatable bonds is 3. The Morgan fingerprint density at radius 1 is 1.53 bits per heavy atom. The average Bonchev–Trinajstić information content (AvgIpc) is 2.68. The lowest BCUT2D eigenvalue weighted by Crippen LogP contribution is -2.06. The Kier molecular flexibility index (Phi) is 3.59. The number of imidazole rings is 1. The van der Waals surface area contributed by atoms with Crippen molar-refractivity contribution in [2.45, 2.75) is 12.5 Å². The van der Waals surface area contributed by atoms with E-state index in [-0.39, 0.29) is 5.82 Å². The van der Waals surface area contributed by atoms with Gasteiger partial charge in [0.05, 0.1) is 10.6 Å². The average molecular weight is 299 g/mol. The Morgan fingerprint density at radius 3 is 2.88 bits per heavy atom. The first-order chi connectivity index (χ1) is 8.08. The zero-order valence-electron chi connectivity index (χ0n) is 9.27. The number of benzene rings is 1. The van der Waals surface area contributed by atoms with Crippen molar-refractivity contribution in [2.75, 3.05) is 0 Å². The van der Waals surface area contributed by atoms with Gasteiger partial charge in [0.15, 0.2) is 0 Å². The number of halogens is 2. The molecule has 0 spiro atoms. The van der Waals surface area contributed by atoms with Gasteiger partial charge in [-0.25, -0.2) is 9.37 Å². The van der Waals surface area contributed by atoms with E-state index >= 15 is 0 Å². The number of aryl methyl sites for hydroxylation is 1. The van der Waals surface area contributed by atoms with Crippen LogP contribution in [0.25, 0.3) is 0 Å². The van der Waals surface area contributed by atoms with Gasteiger partial charge < -0.3 is 9.67 Å². The SMILES string of the molecule is Cn1ccnc1CC(O)c1ccc(F)c(Br)c1. The quantitative estimate of drug-likeness (QED) is 0.946. The molecular weight excluding hydrogens is 287 g/mol. The van der Waals surface area contributed by atoms with E-state index in [0.29, 0.717) is 16.5 Å². The van der Waals surface area contributed by atoms with E-state index in [1.54, 1.807) is 18.3 Å². The van der Waals surface area contributed by atoms with Crippen LogP contribution in [0.4, 0.5) is 4.39 Å². The van der Waals surface area contributed by atoms with Gasteiger partial charge in [0, 0.05) is 25.9 Å². The smallest absolute Gasteiger partial charge is 0.137 e. The molecule has 1 unspecified atom stereocenters. The maximum Gasteiger partial charge on any atom is 0.137 e. The molecule has 0 aliphatic carbocycles. The van der Waals surface area contributed by atoms with Gasteiger partial charge in [0.25, 0.3) is 0 Å². The summed E-state index contributed by atoms with van der Waals surface area (Å²) in [6.45, 7) is 0. The molecule has 3 nitrogen and oxygen atoms in total. The fourth-order valence-corrected chi connectivity index (χ4v) is 2.00. The van der Waals surface area contributed by atoms with Crippen LogP contribution in [0.2, 0.25) is 0 Å². The minimum atomic E-state index is -0.687. The van der Waals surface area contributed by atoms with E-state index in [1.165, 1.54) is 6.07 Å². The highest BCUT2D eigenvalue weighted by atomic mass is 79.9. The van der Waals surface area contributed by atoms with E-state index in [0.717, 1.165) is 5.82 Å². The number of hydrogen-bond donors (Lipinski definition) is 1. The molecule has 2 rings (SSSR count). The summed E-state index contributed by atoms with van der Waals surface area (Å²) >= 11 is 3.10. The van der Waals surface area contributed by atoms with Gasteiger partial charge in [-0.2, -0.15) is 0 Å². The number of hydrogen-bond acceptors (Lipinski definition) is 2. The van der Waals surface area contributed by atoms with Crippen molar-refractivity contribution in [3.8, 4) is 0 Å². The predicted molar refractivity (Wildman–Crippen MR) is 66.0 cm³/mol. The molecule has 90 valence electrons. The van der Waals surface area contributed by atoms with E-state index in [4.69, 9.17) is 0 Å². The third-order valence-electron chi connectivity index (χ3n) is 2.63. The van der Waals surface area contributed by atoms with Crippen LogP contribution in [0.15, 0.2) is 35.1 Å². The van der Waals surface area contributed by atoms with Gasteiger partial charge in [-0.15, -0.1) is 0 Å². The van der Waals surface area contributed by atoms with Gasteiger partial charge >= 0.3 is 0 Å². The van der Waals surface area contributed by atoms with Gasteiger partial charge in [0.1, 0.15) is 11.6 Å². The lowest BCUT2D eigenvalue weighted by molar-refractivity contribution is 0.174. The van der Waals surface area contributed by atoms with Gasteiger partial charge in [-0.05, 0) is 33.6 Å². The van der Waals surface area contributed by atoms with Crippen molar-refractivity contribution in [2.24, 2.45) is 7.05 Å². The maximum absolute atomic E-state index is 13.1. The summed E-state index contributed by atoms with van der Waals surface area (Å²) in [5.74, 6) is 0.455. The molecule has 1 N–H and O–H groups in total. The summed E-state index contributed by atoms with van der Waals surface area (Å²) in [5.41, 5.74) is 0.668. The summed E-state index contributed by atoms with van der Waals surface area (Å²) in [7, 11) is 1.87. The van der Waals surface area contributed by atoms with Crippen LogP contribution >= 0.6 is 15.9 Å². The number of nitrogens with zero attached hydrogens (tertiary/aromatic N) is 2. The fourth-order valence-electron chi connectivity index (χ4n) is 1.60. The molecule has 17 heavy (non-hydrogen) atoms. The second kappa shape index (κ2) is 4.98. The maximum atomic E-state index is 13.1. The summed E-state index contributed by atoms with van der Waals surface area (Å²) in [5, 5.41) is 10.0. The van der Waals surface area contributed by atoms with Crippen molar-refractivity contribution < 1.29 is 9.50 Å². The molecule has 0 aliphatic rings. The Balaban J connectivity index is 2.17. The van der Waals surface area contributed by atoms with Crippen LogP contribution in [0.5, 0.6) is 0 Å². The molecule has 0 saturated heterocycles. The monoisotopic (exact) mass is 298 g/mol. The molecule has 0 aliphatic heterocycles. The highest BCUT2D eigenvalue weighted by Crippen LogP contribution is 2.23. The lowest BCUT2D eigenvalue weighted by atomic mass is 10.1. The molecule has 1 atom stereocenters. The van der Waals surface area contributed by atoms with Crippen molar-refractivity contribution in [1.29, 1.82) is 0 Å². The Morgan fingerprint density at radius 2 is 2.29 bits per heavy atom. The minimum absolute atomic E-state index is 0.335. The lowest BCUT2D eigenvalue weighted by Gasteiger charge is -2.11. The van der Waals surface area contributed by atoms with Crippen LogP contribution in [0, 0.1) is 5.82 Å². The highest BCUT2D eigenvalue weighted by Gasteiger charge is 2.12. The van der Waals surface area contributed by atoms with Crippen LogP contribution in [-0.4, -0.2) is 14.7 Å². The Labute approximate surface area is 107 Å². The largest absolute Gasteiger partial charge is 0.388 e. The van der Waals surface area contributed by atoms with Gasteiger partial charge in [-0.3, -0.25) is 0 Å². The van der Waals surface area contributed by atoms with Crippen LogP contribution in [0.3, 0.4) is 0 Å². The number of aliphatic hydroxyl groups is 1. The minimum Gasteiger partial charge on any atom is -0.388 e. The van der Waals surface area contributed by atoms with E-state index < -0.39 is 6.10 Å². The normalized spacial score (nSPS) is 12.7. The molecule has 0 radical (unpaired) electrons. The fraction of sp³-hybridized carbons (Fsp3) is 0.250. The van der Waals surface area contributed by atoms with Gasteiger partial charge in [0.2, 0.25) is 0 Å². The first-order valence-electron chi connectivity index (χ1n) is 5.17. The molecule has 0 fully saturated rings. The van der Waals surface area contributed by atoms with Crippen LogP contribution in [0.1, 0.15) is 17.5 Å². The topological polar surface area (TPSA) is 38.0 Å². The third-order valence-corrected chi connectivity index (χ3v) is 3.23. The summed E-state index contributed by atoms with van der Waals surface area (Å²) in [6.07, 6.45) is 3.22. The molecule has 2 aromatic rings. The first-order valence-corrected chi connectivity index (χ1v) is 5.96. The van der Waals surface area contributed by atoms with Crippen molar-refractivity contribution in [3.05, 3.63) is 52.3 Å². The first kappa shape index (κ1) is 12.3. The third kappa shape index (κ3) is 2.73. The molecule has 5 heteroatoms. The van der Waals surface area contributed by atoms with Crippen molar-refractivity contribution in [3.63, 3.8) is 0 Å². The Bertz CT molecular complexity index is 527. The molecule has 0 amide bonds. The summed E-state index contributed by atoms with van der Waals surface area (Å²) in [6, 6.07) is 4.50. The molecule has 0 bridgehead atoms. The Hall–Kier alpha value is -1.20. The second-order valence-electron chi connectivity index (χ2n) is 3.85. The summed E-state index contributed by atoms with van der Waals surface area (Å²) in [4.78, 5) is 4.14. The zero-order chi connectivity index (χ0) is 12.4. The molecule has 0 saturated carbocycles. The summed E-state index contributed by atoms with van der Waals surface area (Å²) < 4.78 is 15.3. The van der Waals surface area contributed by atoms with E-state index in [2.05, 4.69) is 20.9 Å². The number of aromatic nitrogens is 2.